The van der Waals surface area contributed by atoms with Crippen molar-refractivity contribution in [2.45, 2.75) is 32.7 Å². The Morgan fingerprint density at radius 2 is 2.08 bits per heavy atom. The Balaban J connectivity index is 0.00000288. The molecule has 142 valence electrons. The summed E-state index contributed by atoms with van der Waals surface area (Å²) in [5, 5.41) is 12.0. The first-order valence-corrected chi connectivity index (χ1v) is 8.08. The molecule has 2 heterocycles. The second-order valence-electron chi connectivity index (χ2n) is 6.53. The van der Waals surface area contributed by atoms with E-state index >= 15 is 0 Å². The molecule has 2 rings (SSSR count). The predicted molar refractivity (Wildman–Crippen MR) is 101 cm³/mol. The highest BCUT2D eigenvalue weighted by molar-refractivity contribution is 5.85. The third-order valence-corrected chi connectivity index (χ3v) is 4.37. The van der Waals surface area contributed by atoms with Crippen molar-refractivity contribution in [2.24, 2.45) is 11.8 Å². The van der Waals surface area contributed by atoms with E-state index in [0.717, 1.165) is 12.1 Å². The van der Waals surface area contributed by atoms with Gasteiger partial charge in [0.2, 0.25) is 5.91 Å². The number of aromatic nitrogens is 1. The number of aliphatic carboxylic acids is 1. The number of carboxylic acids is 1. The summed E-state index contributed by atoms with van der Waals surface area (Å²) in [6.07, 6.45) is 4.57. The number of aryl methyl sites for hydroxylation is 1. The molecule has 1 fully saturated rings. The number of hydrogen-bond acceptors (Lipinski definition) is 4. The Labute approximate surface area is 161 Å². The van der Waals surface area contributed by atoms with Crippen LogP contribution in [0.3, 0.4) is 0 Å². The summed E-state index contributed by atoms with van der Waals surface area (Å²) >= 11 is 0. The van der Waals surface area contributed by atoms with E-state index in [2.05, 4.69) is 24.1 Å². The summed E-state index contributed by atoms with van der Waals surface area (Å²) in [7, 11) is 0. The molecule has 6 nitrogen and oxygen atoms in total. The van der Waals surface area contributed by atoms with Crippen LogP contribution >= 0.6 is 24.8 Å². The lowest BCUT2D eigenvalue weighted by Crippen LogP contribution is -2.42. The molecule has 2 atom stereocenters. The number of amides is 1. The summed E-state index contributed by atoms with van der Waals surface area (Å²) in [6.45, 7) is 5.59. The third kappa shape index (κ3) is 7.59. The average molecular weight is 392 g/mol. The molecule has 0 saturated carbocycles. The fraction of sp³-hybridized carbons (Fsp3) is 0.588. The normalized spacial score (nSPS) is 19.8. The molecule has 2 N–H and O–H groups in total. The summed E-state index contributed by atoms with van der Waals surface area (Å²) in [4.78, 5) is 29.0. The molecule has 1 saturated heterocycles. The summed E-state index contributed by atoms with van der Waals surface area (Å²) < 4.78 is 0. The first-order valence-electron chi connectivity index (χ1n) is 8.08. The maximum atomic E-state index is 12.2. The minimum atomic E-state index is -0.823. The van der Waals surface area contributed by atoms with E-state index in [-0.39, 0.29) is 49.2 Å². The van der Waals surface area contributed by atoms with Gasteiger partial charge in [0.05, 0.1) is 6.54 Å². The van der Waals surface area contributed by atoms with Gasteiger partial charge in [-0.3, -0.25) is 19.5 Å². The molecular weight excluding hydrogens is 365 g/mol. The molecule has 25 heavy (non-hydrogen) atoms. The van der Waals surface area contributed by atoms with Gasteiger partial charge in [-0.15, -0.1) is 24.8 Å². The quantitative estimate of drug-likeness (QED) is 0.742. The summed E-state index contributed by atoms with van der Waals surface area (Å²) in [5.74, 6) is -0.119. The van der Waals surface area contributed by atoms with Crippen molar-refractivity contribution >= 4 is 36.7 Å². The van der Waals surface area contributed by atoms with Crippen molar-refractivity contribution in [1.82, 2.24) is 15.2 Å². The molecule has 0 aromatic carbocycles. The lowest BCUT2D eigenvalue weighted by atomic mass is 9.91. The Hall–Kier alpha value is -1.37. The highest BCUT2D eigenvalue weighted by Gasteiger charge is 2.36. The summed E-state index contributed by atoms with van der Waals surface area (Å²) in [6, 6.07) is 3.85. The Morgan fingerprint density at radius 3 is 2.64 bits per heavy atom. The van der Waals surface area contributed by atoms with E-state index < -0.39 is 5.97 Å². The average Bonchev–Trinajstić information content (AvgIpc) is 2.88. The number of pyridine rings is 1. The first-order chi connectivity index (χ1) is 11.0. The van der Waals surface area contributed by atoms with Crippen LogP contribution in [0.5, 0.6) is 0 Å². The minimum Gasteiger partial charge on any atom is -0.480 e. The van der Waals surface area contributed by atoms with Gasteiger partial charge in [-0.25, -0.2) is 0 Å². The smallest absolute Gasteiger partial charge is 0.317 e. The zero-order valence-electron chi connectivity index (χ0n) is 14.6. The van der Waals surface area contributed by atoms with Gasteiger partial charge in [-0.2, -0.15) is 0 Å². The largest absolute Gasteiger partial charge is 0.480 e. The van der Waals surface area contributed by atoms with Gasteiger partial charge in [0.25, 0.3) is 0 Å². The number of nitrogens with zero attached hydrogens (tertiary/aromatic N) is 2. The number of carbonyl (C=O) groups excluding carboxylic acids is 1. The Kier molecular flexibility index (Phi) is 10.7. The van der Waals surface area contributed by atoms with Crippen molar-refractivity contribution in [1.29, 1.82) is 0 Å². The third-order valence-electron chi connectivity index (χ3n) is 4.37. The molecule has 0 spiro atoms. The van der Waals surface area contributed by atoms with Crippen LogP contribution in [0.1, 0.15) is 25.8 Å². The molecule has 8 heteroatoms. The van der Waals surface area contributed by atoms with E-state index in [4.69, 9.17) is 5.11 Å². The second kappa shape index (κ2) is 11.3. The van der Waals surface area contributed by atoms with Gasteiger partial charge in [-0.1, -0.05) is 19.9 Å². The van der Waals surface area contributed by atoms with Crippen molar-refractivity contribution in [3.05, 3.63) is 30.1 Å². The number of likely N-dealkylation sites (tertiary alicyclic amines) is 1. The van der Waals surface area contributed by atoms with Gasteiger partial charge in [0.15, 0.2) is 0 Å². The lowest BCUT2D eigenvalue weighted by Gasteiger charge is -2.23. The van der Waals surface area contributed by atoms with Crippen molar-refractivity contribution in [3.8, 4) is 0 Å². The SMILES string of the molecule is CC(C)[C@H]1CN(CC(=O)O)C[C@@H]1NC(=O)CCc1cccnc1.Cl.Cl. The van der Waals surface area contributed by atoms with Crippen LogP contribution in [0.25, 0.3) is 0 Å². The van der Waals surface area contributed by atoms with Gasteiger partial charge in [0, 0.05) is 37.9 Å². The molecule has 1 aliphatic rings. The number of carboxylic acid groups (broad SMARTS) is 1. The van der Waals surface area contributed by atoms with Crippen LogP contribution in [0, 0.1) is 11.8 Å². The number of hydrogen-bond donors (Lipinski definition) is 2. The minimum absolute atomic E-state index is 0. The van der Waals surface area contributed by atoms with E-state index in [9.17, 15) is 9.59 Å². The van der Waals surface area contributed by atoms with Crippen molar-refractivity contribution in [3.63, 3.8) is 0 Å². The molecule has 0 bridgehead atoms. The second-order valence-corrected chi connectivity index (χ2v) is 6.53. The van der Waals surface area contributed by atoms with Crippen molar-refractivity contribution in [2.75, 3.05) is 19.6 Å². The van der Waals surface area contributed by atoms with Crippen LogP contribution in [-0.4, -0.2) is 52.5 Å². The summed E-state index contributed by atoms with van der Waals surface area (Å²) in [5.41, 5.74) is 1.04. The van der Waals surface area contributed by atoms with E-state index in [1.807, 2.05) is 17.0 Å². The fourth-order valence-electron chi connectivity index (χ4n) is 3.14. The molecule has 1 amide bonds. The number of carbonyl (C=O) groups is 2. The number of nitrogens with one attached hydrogen (secondary N) is 1. The molecule has 1 aromatic heterocycles. The topological polar surface area (TPSA) is 82.5 Å². The maximum absolute atomic E-state index is 12.2. The monoisotopic (exact) mass is 391 g/mol. The standard InChI is InChI=1S/C17H25N3O3.2ClH/c1-12(2)14-9-20(11-17(22)23)10-15(14)19-16(21)6-5-13-4-3-7-18-8-13;;/h3-4,7-8,12,14-15H,5-6,9-11H2,1-2H3,(H,19,21)(H,22,23);2*1H/t14-,15+;;/m1../s1. The predicted octanol–water partition coefficient (Wildman–Crippen LogP) is 2.02. The van der Waals surface area contributed by atoms with Crippen LogP contribution in [0.2, 0.25) is 0 Å². The molecule has 1 aliphatic heterocycles. The fourth-order valence-corrected chi connectivity index (χ4v) is 3.14. The van der Waals surface area contributed by atoms with E-state index in [1.165, 1.54) is 0 Å². The Morgan fingerprint density at radius 1 is 1.36 bits per heavy atom. The van der Waals surface area contributed by atoms with Crippen LogP contribution in [0.4, 0.5) is 0 Å². The molecule has 0 radical (unpaired) electrons. The zero-order chi connectivity index (χ0) is 16.8. The number of halogens is 2. The Bertz CT molecular complexity index is 543. The van der Waals surface area contributed by atoms with E-state index in [0.29, 0.717) is 25.3 Å². The molecule has 0 aliphatic carbocycles. The molecule has 1 aromatic rings. The lowest BCUT2D eigenvalue weighted by molar-refractivity contribution is -0.138. The van der Waals surface area contributed by atoms with Gasteiger partial charge >= 0.3 is 5.97 Å². The van der Waals surface area contributed by atoms with Gasteiger partial charge in [0.1, 0.15) is 0 Å². The molecule has 0 unspecified atom stereocenters. The highest BCUT2D eigenvalue weighted by atomic mass is 35.5. The van der Waals surface area contributed by atoms with Crippen LogP contribution in [0.15, 0.2) is 24.5 Å². The highest BCUT2D eigenvalue weighted by Crippen LogP contribution is 2.24. The molecular formula is C17H27Cl2N3O3. The zero-order valence-corrected chi connectivity index (χ0v) is 16.2. The number of rotatable bonds is 7. The van der Waals surface area contributed by atoms with Crippen LogP contribution in [-0.2, 0) is 16.0 Å². The van der Waals surface area contributed by atoms with Gasteiger partial charge in [-0.05, 0) is 29.9 Å². The van der Waals surface area contributed by atoms with E-state index in [1.54, 1.807) is 12.4 Å². The van der Waals surface area contributed by atoms with Gasteiger partial charge < -0.3 is 10.4 Å². The first kappa shape index (κ1) is 23.6. The maximum Gasteiger partial charge on any atom is 0.317 e. The van der Waals surface area contributed by atoms with Crippen molar-refractivity contribution < 1.29 is 14.7 Å². The van der Waals surface area contributed by atoms with Crippen LogP contribution < -0.4 is 5.32 Å².